The minimum atomic E-state index is 0.514. The van der Waals surface area contributed by atoms with E-state index in [0.29, 0.717) is 5.92 Å². The van der Waals surface area contributed by atoms with Crippen LogP contribution in [0.1, 0.15) is 20.3 Å². The highest BCUT2D eigenvalue weighted by Gasteiger charge is 2.30. The van der Waals surface area contributed by atoms with E-state index in [1.165, 1.54) is 0 Å². The Balaban J connectivity index is 2.48. The molecule has 0 heterocycles. The summed E-state index contributed by atoms with van der Waals surface area (Å²) in [5.41, 5.74) is 0.956. The van der Waals surface area contributed by atoms with E-state index in [0.717, 1.165) is 18.1 Å². The Kier molecular flexibility index (Phi) is 1.24. The van der Waals surface area contributed by atoms with Gasteiger partial charge in [-0.2, -0.15) is 0 Å². The van der Waals surface area contributed by atoms with Crippen LogP contribution < -0.4 is 0 Å². The fraction of sp³-hybridized carbons (Fsp3) is 0.833. The molecule has 1 N–H and O–H groups in total. The van der Waals surface area contributed by atoms with E-state index in [-0.39, 0.29) is 0 Å². The molecule has 0 saturated heterocycles. The molecule has 0 aromatic carbocycles. The zero-order valence-electron chi connectivity index (χ0n) is 5.26. The monoisotopic (exact) mass is 113 g/mol. The molecule has 0 radical (unpaired) electrons. The van der Waals surface area contributed by atoms with Crippen molar-refractivity contribution in [2.24, 2.45) is 17.0 Å². The average Bonchev–Trinajstić information content (AvgIpc) is 1.81. The van der Waals surface area contributed by atoms with Gasteiger partial charge in [0.1, 0.15) is 0 Å². The van der Waals surface area contributed by atoms with Gasteiger partial charge in [-0.1, -0.05) is 19.0 Å². The van der Waals surface area contributed by atoms with Crippen molar-refractivity contribution in [2.45, 2.75) is 20.3 Å². The highest BCUT2D eigenvalue weighted by Crippen LogP contribution is 2.29. The van der Waals surface area contributed by atoms with E-state index < -0.39 is 0 Å². The Hall–Kier alpha value is -0.530. The van der Waals surface area contributed by atoms with E-state index in [9.17, 15) is 0 Å². The molecular weight excluding hydrogens is 102 g/mol. The molecule has 0 aliphatic heterocycles. The lowest BCUT2D eigenvalue weighted by Crippen LogP contribution is -2.32. The van der Waals surface area contributed by atoms with Gasteiger partial charge in [0, 0.05) is 5.92 Å². The van der Waals surface area contributed by atoms with Crippen LogP contribution in [0, 0.1) is 11.8 Å². The number of hydrogen-bond donors (Lipinski definition) is 1. The molecule has 1 aliphatic carbocycles. The van der Waals surface area contributed by atoms with Crippen molar-refractivity contribution in [3.8, 4) is 0 Å². The van der Waals surface area contributed by atoms with Gasteiger partial charge in [0.05, 0.1) is 5.71 Å². The molecule has 0 amide bonds. The third-order valence-corrected chi connectivity index (χ3v) is 2.04. The number of rotatable bonds is 0. The van der Waals surface area contributed by atoms with Crippen LogP contribution in [-0.4, -0.2) is 10.9 Å². The minimum absolute atomic E-state index is 0.514. The molecule has 2 unspecified atom stereocenters. The lowest BCUT2D eigenvalue weighted by atomic mass is 9.74. The Labute approximate surface area is 49.2 Å². The van der Waals surface area contributed by atoms with Crippen LogP contribution in [0.15, 0.2) is 5.16 Å². The predicted molar refractivity (Wildman–Crippen MR) is 32.2 cm³/mol. The number of nitrogens with zero attached hydrogens (tertiary/aromatic N) is 1. The second kappa shape index (κ2) is 1.77. The molecular formula is C6H11NO. The average molecular weight is 113 g/mol. The number of hydrogen-bond acceptors (Lipinski definition) is 2. The Morgan fingerprint density at radius 3 is 2.38 bits per heavy atom. The Morgan fingerprint density at radius 2 is 2.25 bits per heavy atom. The largest absolute Gasteiger partial charge is 0.411 e. The highest BCUT2D eigenvalue weighted by molar-refractivity contribution is 5.91. The van der Waals surface area contributed by atoms with Gasteiger partial charge in [-0.15, -0.1) is 0 Å². The van der Waals surface area contributed by atoms with Crippen LogP contribution in [-0.2, 0) is 0 Å². The molecule has 0 aromatic rings. The lowest BCUT2D eigenvalue weighted by Gasteiger charge is -2.31. The van der Waals surface area contributed by atoms with Crippen molar-refractivity contribution in [1.82, 2.24) is 0 Å². The normalized spacial score (nSPS) is 42.0. The first kappa shape index (κ1) is 5.60. The minimum Gasteiger partial charge on any atom is -0.411 e. The van der Waals surface area contributed by atoms with Gasteiger partial charge in [-0.25, -0.2) is 0 Å². The maximum absolute atomic E-state index is 8.26. The summed E-state index contributed by atoms with van der Waals surface area (Å²) in [7, 11) is 0. The molecule has 0 bridgehead atoms. The highest BCUT2D eigenvalue weighted by atomic mass is 16.4. The van der Waals surface area contributed by atoms with E-state index in [1.807, 2.05) is 0 Å². The third kappa shape index (κ3) is 0.602. The Bertz CT molecular complexity index is 120. The van der Waals surface area contributed by atoms with Crippen molar-refractivity contribution >= 4 is 5.71 Å². The van der Waals surface area contributed by atoms with Crippen LogP contribution in [0.4, 0.5) is 0 Å². The first-order valence-electron chi connectivity index (χ1n) is 2.96. The van der Waals surface area contributed by atoms with E-state index in [1.54, 1.807) is 0 Å². The van der Waals surface area contributed by atoms with Gasteiger partial charge >= 0.3 is 0 Å². The van der Waals surface area contributed by atoms with E-state index >= 15 is 0 Å². The quantitative estimate of drug-likeness (QED) is 0.374. The SMILES string of the molecule is CC1C/C(=N\O)C1C. The fourth-order valence-electron chi connectivity index (χ4n) is 0.992. The molecule has 2 heteroatoms. The first-order valence-corrected chi connectivity index (χ1v) is 2.96. The summed E-state index contributed by atoms with van der Waals surface area (Å²) < 4.78 is 0. The maximum atomic E-state index is 8.26. The Morgan fingerprint density at radius 1 is 1.62 bits per heavy atom. The van der Waals surface area contributed by atoms with Gasteiger partial charge in [0.2, 0.25) is 0 Å². The van der Waals surface area contributed by atoms with Crippen LogP contribution in [0.3, 0.4) is 0 Å². The van der Waals surface area contributed by atoms with Crippen molar-refractivity contribution in [3.05, 3.63) is 0 Å². The third-order valence-electron chi connectivity index (χ3n) is 2.04. The topological polar surface area (TPSA) is 32.6 Å². The molecule has 46 valence electrons. The summed E-state index contributed by atoms with van der Waals surface area (Å²) in [5, 5.41) is 11.4. The molecule has 1 saturated carbocycles. The molecule has 1 aliphatic rings. The summed E-state index contributed by atoms with van der Waals surface area (Å²) in [4.78, 5) is 0. The molecule has 2 nitrogen and oxygen atoms in total. The van der Waals surface area contributed by atoms with Crippen molar-refractivity contribution in [1.29, 1.82) is 0 Å². The van der Waals surface area contributed by atoms with Crippen LogP contribution in [0.2, 0.25) is 0 Å². The fourth-order valence-corrected chi connectivity index (χ4v) is 0.992. The molecule has 1 fully saturated rings. The zero-order valence-corrected chi connectivity index (χ0v) is 5.26. The zero-order chi connectivity index (χ0) is 6.15. The van der Waals surface area contributed by atoms with Crippen LogP contribution in [0.25, 0.3) is 0 Å². The molecule has 0 aromatic heterocycles. The van der Waals surface area contributed by atoms with E-state index in [2.05, 4.69) is 19.0 Å². The lowest BCUT2D eigenvalue weighted by molar-refractivity contribution is 0.293. The summed E-state index contributed by atoms with van der Waals surface area (Å²) in [6.45, 7) is 4.25. The summed E-state index contributed by atoms with van der Waals surface area (Å²) in [5.74, 6) is 1.24. The van der Waals surface area contributed by atoms with Gasteiger partial charge in [0.15, 0.2) is 0 Å². The standard InChI is InChI=1S/C6H11NO/c1-4-3-6(7-8)5(4)2/h4-5,8H,3H2,1-2H3/b7-6+. The molecule has 1 rings (SSSR count). The smallest absolute Gasteiger partial charge is 0.0604 e. The van der Waals surface area contributed by atoms with Crippen molar-refractivity contribution in [3.63, 3.8) is 0 Å². The predicted octanol–water partition coefficient (Wildman–Crippen LogP) is 1.49. The first-order chi connectivity index (χ1) is 3.75. The number of oxime groups is 1. The van der Waals surface area contributed by atoms with Crippen molar-refractivity contribution in [2.75, 3.05) is 0 Å². The second-order valence-corrected chi connectivity index (χ2v) is 2.56. The molecule has 8 heavy (non-hydrogen) atoms. The summed E-state index contributed by atoms with van der Waals surface area (Å²) in [6, 6.07) is 0. The van der Waals surface area contributed by atoms with Gasteiger partial charge in [0.25, 0.3) is 0 Å². The maximum Gasteiger partial charge on any atom is 0.0604 e. The second-order valence-electron chi connectivity index (χ2n) is 2.56. The summed E-state index contributed by atoms with van der Waals surface area (Å²) >= 11 is 0. The molecule has 0 spiro atoms. The summed E-state index contributed by atoms with van der Waals surface area (Å²) in [6.07, 6.45) is 0.984. The van der Waals surface area contributed by atoms with Gasteiger partial charge in [-0.3, -0.25) is 0 Å². The van der Waals surface area contributed by atoms with E-state index in [4.69, 9.17) is 5.21 Å². The molecule has 2 atom stereocenters. The van der Waals surface area contributed by atoms with Gasteiger partial charge in [-0.05, 0) is 12.3 Å². The van der Waals surface area contributed by atoms with Crippen LogP contribution in [0.5, 0.6) is 0 Å². The van der Waals surface area contributed by atoms with Gasteiger partial charge < -0.3 is 5.21 Å². The van der Waals surface area contributed by atoms with Crippen molar-refractivity contribution < 1.29 is 5.21 Å². The van der Waals surface area contributed by atoms with Crippen LogP contribution >= 0.6 is 0 Å².